The molecule has 1 heterocycles. The van der Waals surface area contributed by atoms with Gasteiger partial charge >= 0.3 is 0 Å². The van der Waals surface area contributed by atoms with Crippen LogP contribution in [0, 0.1) is 5.82 Å². The van der Waals surface area contributed by atoms with Gasteiger partial charge in [-0.2, -0.15) is 0 Å². The van der Waals surface area contributed by atoms with Gasteiger partial charge in [-0.25, -0.2) is 9.37 Å². The third-order valence-electron chi connectivity index (χ3n) is 2.25. The van der Waals surface area contributed by atoms with E-state index in [1.807, 2.05) is 0 Å². The van der Waals surface area contributed by atoms with Crippen LogP contribution in [0.1, 0.15) is 10.4 Å². The predicted molar refractivity (Wildman–Crippen MR) is 64.7 cm³/mol. The lowest BCUT2D eigenvalue weighted by atomic mass is 10.1. The first kappa shape index (κ1) is 11.8. The average Bonchev–Trinajstić information content (AvgIpc) is 2.32. The lowest BCUT2D eigenvalue weighted by Gasteiger charge is -2.07. The van der Waals surface area contributed by atoms with Crippen molar-refractivity contribution in [1.29, 1.82) is 0 Å². The number of phenolic OH excluding ortho intramolecular Hbond substituents is 1. The highest BCUT2D eigenvalue weighted by molar-refractivity contribution is 6.05. The molecule has 0 saturated carbocycles. The largest absolute Gasteiger partial charge is 0.507 e. The van der Waals surface area contributed by atoms with Crippen molar-refractivity contribution in [3.63, 3.8) is 0 Å². The summed E-state index contributed by atoms with van der Waals surface area (Å²) in [6.45, 7) is 0. The van der Waals surface area contributed by atoms with Gasteiger partial charge in [0.1, 0.15) is 22.9 Å². The van der Waals surface area contributed by atoms with Crippen LogP contribution in [0.15, 0.2) is 36.5 Å². The first-order valence-corrected chi connectivity index (χ1v) is 5.08. The van der Waals surface area contributed by atoms with E-state index in [-0.39, 0.29) is 5.82 Å². The third-order valence-corrected chi connectivity index (χ3v) is 2.25. The highest BCUT2D eigenvalue weighted by Crippen LogP contribution is 2.20. The van der Waals surface area contributed by atoms with E-state index in [0.29, 0.717) is 5.69 Å². The number of halogens is 1. The number of pyridine rings is 1. The number of aromatic hydroxyl groups is 1. The maximum Gasteiger partial charge on any atom is 0.263 e. The number of aromatic nitrogens is 1. The second-order valence-electron chi connectivity index (χ2n) is 3.56. The van der Waals surface area contributed by atoms with Gasteiger partial charge in [-0.3, -0.25) is 4.79 Å². The van der Waals surface area contributed by atoms with Crippen molar-refractivity contribution in [2.45, 2.75) is 0 Å². The normalized spacial score (nSPS) is 10.1. The van der Waals surface area contributed by atoms with Gasteiger partial charge in [-0.05, 0) is 24.3 Å². The summed E-state index contributed by atoms with van der Waals surface area (Å²) in [6.07, 6.45) is 1.36. The lowest BCUT2D eigenvalue weighted by molar-refractivity contribution is 0.102. The number of nitrogens with two attached hydrogens (primary N) is 1. The Kier molecular flexibility index (Phi) is 3.09. The Morgan fingerprint density at radius 3 is 2.72 bits per heavy atom. The predicted octanol–water partition coefficient (Wildman–Crippen LogP) is 1.76. The summed E-state index contributed by atoms with van der Waals surface area (Å²) < 4.78 is 13.4. The summed E-state index contributed by atoms with van der Waals surface area (Å²) in [6, 6.07) is 6.65. The van der Waals surface area contributed by atoms with Gasteiger partial charge < -0.3 is 16.2 Å². The molecular weight excluding hydrogens is 237 g/mol. The molecule has 0 bridgehead atoms. The lowest BCUT2D eigenvalue weighted by Crippen LogP contribution is -2.14. The molecule has 0 fully saturated rings. The van der Waals surface area contributed by atoms with Crippen LogP contribution < -0.4 is 11.1 Å². The fraction of sp³-hybridized carbons (Fsp3) is 0. The Morgan fingerprint density at radius 2 is 2.11 bits per heavy atom. The minimum absolute atomic E-state index is 0.219. The molecule has 0 aliphatic carbocycles. The molecule has 0 atom stereocenters. The number of carbonyl (C=O) groups excluding carboxylic acids is 1. The molecule has 1 amide bonds. The number of nitrogens with one attached hydrogen (secondary N) is 1. The van der Waals surface area contributed by atoms with Crippen LogP contribution in [0.25, 0.3) is 0 Å². The van der Waals surface area contributed by atoms with E-state index in [0.717, 1.165) is 6.07 Å². The zero-order chi connectivity index (χ0) is 13.1. The van der Waals surface area contributed by atoms with Crippen molar-refractivity contribution in [1.82, 2.24) is 4.98 Å². The minimum Gasteiger partial charge on any atom is -0.507 e. The quantitative estimate of drug-likeness (QED) is 0.754. The van der Waals surface area contributed by atoms with E-state index in [1.165, 1.54) is 24.4 Å². The second kappa shape index (κ2) is 4.70. The van der Waals surface area contributed by atoms with Crippen LogP contribution in [0.5, 0.6) is 5.75 Å². The number of hydrogen-bond donors (Lipinski definition) is 3. The third kappa shape index (κ3) is 2.37. The van der Waals surface area contributed by atoms with E-state index in [4.69, 9.17) is 5.73 Å². The van der Waals surface area contributed by atoms with E-state index in [9.17, 15) is 14.3 Å². The van der Waals surface area contributed by atoms with E-state index in [2.05, 4.69) is 10.3 Å². The van der Waals surface area contributed by atoms with E-state index >= 15 is 0 Å². The number of rotatable bonds is 2. The Balaban J connectivity index is 2.25. The van der Waals surface area contributed by atoms with Crippen molar-refractivity contribution in [3.05, 3.63) is 47.9 Å². The fourth-order valence-electron chi connectivity index (χ4n) is 1.40. The van der Waals surface area contributed by atoms with Gasteiger partial charge in [0.2, 0.25) is 0 Å². The molecule has 0 aliphatic heterocycles. The molecule has 1 aromatic heterocycles. The molecule has 5 nitrogen and oxygen atoms in total. The molecule has 18 heavy (non-hydrogen) atoms. The average molecular weight is 247 g/mol. The summed E-state index contributed by atoms with van der Waals surface area (Å²) in [5.41, 5.74) is 5.47. The molecule has 0 aliphatic rings. The van der Waals surface area contributed by atoms with Gasteiger partial charge in [0.15, 0.2) is 0 Å². The number of hydrogen-bond acceptors (Lipinski definition) is 4. The van der Waals surface area contributed by atoms with Crippen LogP contribution in [0.4, 0.5) is 15.9 Å². The zero-order valence-electron chi connectivity index (χ0n) is 9.22. The van der Waals surface area contributed by atoms with Crippen molar-refractivity contribution in [3.8, 4) is 5.75 Å². The molecule has 1 aromatic carbocycles. The van der Waals surface area contributed by atoms with Crippen molar-refractivity contribution in [2.75, 3.05) is 11.1 Å². The molecule has 0 radical (unpaired) electrons. The summed E-state index contributed by atoms with van der Waals surface area (Å²) in [5, 5.41) is 11.8. The second-order valence-corrected chi connectivity index (χ2v) is 3.56. The summed E-state index contributed by atoms with van der Waals surface area (Å²) in [5.74, 6) is -1.79. The van der Waals surface area contributed by atoms with Crippen molar-refractivity contribution < 1.29 is 14.3 Å². The standard InChI is InChI=1S/C12H10FN3O2/c13-8-2-1-3-9(17)11(8)12(18)16-10-5-4-7(14)6-15-10/h1-6,17H,14H2,(H,15,16,18). The molecule has 0 unspecified atom stereocenters. The maximum atomic E-state index is 13.4. The maximum absolute atomic E-state index is 13.4. The molecule has 2 aromatic rings. The summed E-state index contributed by atoms with van der Waals surface area (Å²) in [4.78, 5) is 15.6. The Bertz CT molecular complexity index is 564. The fourth-order valence-corrected chi connectivity index (χ4v) is 1.40. The van der Waals surface area contributed by atoms with Crippen molar-refractivity contribution >= 4 is 17.4 Å². The van der Waals surface area contributed by atoms with Gasteiger partial charge in [-0.1, -0.05) is 6.07 Å². The minimum atomic E-state index is -0.803. The number of nitrogen functional groups attached to an aromatic ring is 1. The number of benzene rings is 1. The first-order valence-electron chi connectivity index (χ1n) is 5.08. The van der Waals surface area contributed by atoms with Gasteiger partial charge in [0.05, 0.1) is 11.9 Å². The highest BCUT2D eigenvalue weighted by Gasteiger charge is 2.16. The Morgan fingerprint density at radius 1 is 1.33 bits per heavy atom. The topological polar surface area (TPSA) is 88.2 Å². The van der Waals surface area contributed by atoms with Gasteiger partial charge in [0.25, 0.3) is 5.91 Å². The zero-order valence-corrected chi connectivity index (χ0v) is 9.22. The summed E-state index contributed by atoms with van der Waals surface area (Å²) >= 11 is 0. The molecule has 6 heteroatoms. The van der Waals surface area contributed by atoms with Crippen LogP contribution >= 0.6 is 0 Å². The van der Waals surface area contributed by atoms with Crippen molar-refractivity contribution in [2.24, 2.45) is 0 Å². The van der Waals surface area contributed by atoms with Gasteiger partial charge in [-0.15, -0.1) is 0 Å². The van der Waals surface area contributed by atoms with Crippen LogP contribution in [0.3, 0.4) is 0 Å². The number of nitrogens with zero attached hydrogens (tertiary/aromatic N) is 1. The first-order chi connectivity index (χ1) is 8.58. The summed E-state index contributed by atoms with van der Waals surface area (Å²) in [7, 11) is 0. The monoisotopic (exact) mass is 247 g/mol. The van der Waals surface area contributed by atoms with Gasteiger partial charge in [0, 0.05) is 0 Å². The number of carbonyl (C=O) groups is 1. The Hall–Kier alpha value is -2.63. The smallest absolute Gasteiger partial charge is 0.263 e. The SMILES string of the molecule is Nc1ccc(NC(=O)c2c(O)cccc2F)nc1. The number of amides is 1. The van der Waals surface area contributed by atoms with E-state index in [1.54, 1.807) is 6.07 Å². The number of anilines is 2. The Labute approximate surface area is 102 Å². The number of phenols is 1. The highest BCUT2D eigenvalue weighted by atomic mass is 19.1. The van der Waals surface area contributed by atoms with E-state index < -0.39 is 23.0 Å². The van der Waals surface area contributed by atoms with Crippen LogP contribution in [-0.2, 0) is 0 Å². The molecule has 4 N–H and O–H groups in total. The van der Waals surface area contributed by atoms with Crippen LogP contribution in [-0.4, -0.2) is 16.0 Å². The molecule has 0 saturated heterocycles. The molecule has 92 valence electrons. The molecule has 2 rings (SSSR count). The van der Waals surface area contributed by atoms with Crippen LogP contribution in [0.2, 0.25) is 0 Å². The molecule has 0 spiro atoms. The molecular formula is C12H10FN3O2.